The molecular weight excluding hydrogens is 302 g/mol. The number of hydrogen-bond donors (Lipinski definition) is 1. The van der Waals surface area contributed by atoms with Crippen LogP contribution in [0.25, 0.3) is 11.0 Å². The van der Waals surface area contributed by atoms with E-state index in [-0.39, 0.29) is 0 Å². The predicted molar refractivity (Wildman–Crippen MR) is 95.0 cm³/mol. The van der Waals surface area contributed by atoms with Crippen LogP contribution < -0.4 is 14.8 Å². The zero-order valence-corrected chi connectivity index (χ0v) is 14.7. The monoisotopic (exact) mass is 329 g/mol. The van der Waals surface area contributed by atoms with Gasteiger partial charge in [-0.3, -0.25) is 0 Å². The number of benzene rings is 1. The highest BCUT2D eigenvalue weighted by Crippen LogP contribution is 2.40. The van der Waals surface area contributed by atoms with Crippen LogP contribution in [0.3, 0.4) is 0 Å². The zero-order chi connectivity index (χ0) is 16.5. The summed E-state index contributed by atoms with van der Waals surface area (Å²) in [6, 6.07) is 4.12. The summed E-state index contributed by atoms with van der Waals surface area (Å²) in [7, 11) is 3.38. The van der Waals surface area contributed by atoms with Gasteiger partial charge < -0.3 is 19.4 Å². The number of aromatic nitrogens is 2. The van der Waals surface area contributed by atoms with E-state index in [1.165, 1.54) is 43.4 Å². The molecule has 2 aliphatic rings. The summed E-state index contributed by atoms with van der Waals surface area (Å²) in [6.07, 6.45) is 6.36. The SMILES string of the molecule is COc1cc2nc(C3CCC3)n(CC3CCNCC3)c2cc1OC. The molecule has 24 heavy (non-hydrogen) atoms. The van der Waals surface area contributed by atoms with Crippen molar-refractivity contribution in [2.24, 2.45) is 5.92 Å². The molecule has 5 heteroatoms. The van der Waals surface area contributed by atoms with Crippen molar-refractivity contribution in [2.45, 2.75) is 44.6 Å². The third kappa shape index (κ3) is 2.75. The predicted octanol–water partition coefficient (Wildman–Crippen LogP) is 3.32. The van der Waals surface area contributed by atoms with Crippen LogP contribution in [0.2, 0.25) is 0 Å². The summed E-state index contributed by atoms with van der Waals surface area (Å²) in [4.78, 5) is 5.00. The van der Waals surface area contributed by atoms with Gasteiger partial charge in [0.15, 0.2) is 11.5 Å². The molecule has 130 valence electrons. The van der Waals surface area contributed by atoms with Crippen LogP contribution in [0.15, 0.2) is 12.1 Å². The first-order valence-corrected chi connectivity index (χ1v) is 9.13. The lowest BCUT2D eigenvalue weighted by molar-refractivity contribution is 0.318. The van der Waals surface area contributed by atoms with Gasteiger partial charge in [-0.15, -0.1) is 0 Å². The molecule has 0 unspecified atom stereocenters. The number of ether oxygens (including phenoxy) is 2. The van der Waals surface area contributed by atoms with Crippen molar-refractivity contribution in [1.29, 1.82) is 0 Å². The van der Waals surface area contributed by atoms with E-state index in [1.54, 1.807) is 14.2 Å². The van der Waals surface area contributed by atoms with Crippen molar-refractivity contribution in [3.8, 4) is 11.5 Å². The van der Waals surface area contributed by atoms with Gasteiger partial charge in [0, 0.05) is 24.6 Å². The molecule has 1 aliphatic carbocycles. The van der Waals surface area contributed by atoms with Crippen molar-refractivity contribution in [1.82, 2.24) is 14.9 Å². The Bertz CT molecular complexity index is 715. The molecular formula is C19H27N3O2. The van der Waals surface area contributed by atoms with Gasteiger partial charge in [-0.25, -0.2) is 4.98 Å². The zero-order valence-electron chi connectivity index (χ0n) is 14.7. The summed E-state index contributed by atoms with van der Waals surface area (Å²) in [5.41, 5.74) is 2.22. The molecule has 0 bridgehead atoms. The highest BCUT2D eigenvalue weighted by Gasteiger charge is 2.28. The Labute approximate surface area is 143 Å². The lowest BCUT2D eigenvalue weighted by Gasteiger charge is -2.28. The minimum absolute atomic E-state index is 0.621. The molecule has 4 rings (SSSR count). The maximum atomic E-state index is 5.52. The van der Waals surface area contributed by atoms with E-state index in [0.717, 1.165) is 42.6 Å². The molecule has 0 radical (unpaired) electrons. The second kappa shape index (κ2) is 6.63. The lowest BCUT2D eigenvalue weighted by atomic mass is 9.84. The topological polar surface area (TPSA) is 48.3 Å². The first-order valence-electron chi connectivity index (χ1n) is 9.13. The molecule has 0 amide bonds. The fraction of sp³-hybridized carbons (Fsp3) is 0.632. The standard InChI is InChI=1S/C19H27N3O2/c1-23-17-10-15-16(11-18(17)24-2)22(12-13-6-8-20-9-7-13)19(21-15)14-4-3-5-14/h10-11,13-14,20H,3-9,12H2,1-2H3. The van der Waals surface area contributed by atoms with Gasteiger partial charge in [-0.1, -0.05) is 6.42 Å². The Balaban J connectivity index is 1.77. The smallest absolute Gasteiger partial charge is 0.163 e. The Kier molecular flexibility index (Phi) is 4.35. The van der Waals surface area contributed by atoms with Gasteiger partial charge in [-0.05, 0) is 44.7 Å². The van der Waals surface area contributed by atoms with E-state index >= 15 is 0 Å². The van der Waals surface area contributed by atoms with Crippen LogP contribution in [0.4, 0.5) is 0 Å². The van der Waals surface area contributed by atoms with Crippen LogP contribution in [0, 0.1) is 5.92 Å². The van der Waals surface area contributed by atoms with Gasteiger partial charge >= 0.3 is 0 Å². The average molecular weight is 329 g/mol. The Morgan fingerprint density at radius 2 is 1.79 bits per heavy atom. The van der Waals surface area contributed by atoms with Gasteiger partial charge in [0.1, 0.15) is 5.82 Å². The molecule has 1 aromatic carbocycles. The Hall–Kier alpha value is -1.75. The summed E-state index contributed by atoms with van der Waals surface area (Å²) in [5, 5.41) is 3.46. The maximum absolute atomic E-state index is 5.52. The molecule has 5 nitrogen and oxygen atoms in total. The fourth-order valence-electron chi connectivity index (χ4n) is 3.96. The Morgan fingerprint density at radius 1 is 1.08 bits per heavy atom. The van der Waals surface area contributed by atoms with Gasteiger partial charge in [-0.2, -0.15) is 0 Å². The summed E-state index contributed by atoms with van der Waals surface area (Å²) < 4.78 is 13.5. The largest absolute Gasteiger partial charge is 0.493 e. The summed E-state index contributed by atoms with van der Waals surface area (Å²) in [6.45, 7) is 3.33. The van der Waals surface area contributed by atoms with E-state index in [4.69, 9.17) is 14.5 Å². The molecule has 2 heterocycles. The minimum atomic E-state index is 0.621. The van der Waals surface area contributed by atoms with Crippen LogP contribution in [0.5, 0.6) is 11.5 Å². The number of imidazole rings is 1. The number of fused-ring (bicyclic) bond motifs is 1. The number of methoxy groups -OCH3 is 2. The first kappa shape index (κ1) is 15.8. The van der Waals surface area contributed by atoms with Crippen LogP contribution in [0.1, 0.15) is 43.8 Å². The number of nitrogens with zero attached hydrogens (tertiary/aromatic N) is 2. The van der Waals surface area contributed by atoms with Gasteiger partial charge in [0.2, 0.25) is 0 Å². The molecule has 1 saturated carbocycles. The Morgan fingerprint density at radius 3 is 2.42 bits per heavy atom. The van der Waals surface area contributed by atoms with E-state index in [9.17, 15) is 0 Å². The molecule has 1 saturated heterocycles. The maximum Gasteiger partial charge on any atom is 0.163 e. The summed E-state index contributed by atoms with van der Waals surface area (Å²) >= 11 is 0. The molecule has 2 aromatic rings. The highest BCUT2D eigenvalue weighted by molar-refractivity contribution is 5.81. The average Bonchev–Trinajstić information content (AvgIpc) is 2.90. The quantitative estimate of drug-likeness (QED) is 0.914. The second-order valence-corrected chi connectivity index (χ2v) is 7.10. The number of nitrogens with one attached hydrogen (secondary N) is 1. The first-order chi connectivity index (χ1) is 11.8. The fourth-order valence-corrected chi connectivity index (χ4v) is 3.96. The molecule has 0 spiro atoms. The highest BCUT2D eigenvalue weighted by atomic mass is 16.5. The molecule has 1 aromatic heterocycles. The number of hydrogen-bond acceptors (Lipinski definition) is 4. The van der Waals surface area contributed by atoms with Crippen molar-refractivity contribution in [2.75, 3.05) is 27.3 Å². The van der Waals surface area contributed by atoms with E-state index < -0.39 is 0 Å². The van der Waals surface area contributed by atoms with Crippen molar-refractivity contribution >= 4 is 11.0 Å². The number of piperidine rings is 1. The normalized spacial score (nSPS) is 19.4. The van der Waals surface area contributed by atoms with Crippen LogP contribution in [-0.4, -0.2) is 36.9 Å². The van der Waals surface area contributed by atoms with Gasteiger partial charge in [0.05, 0.1) is 25.3 Å². The van der Waals surface area contributed by atoms with E-state index in [2.05, 4.69) is 16.0 Å². The molecule has 2 fully saturated rings. The van der Waals surface area contributed by atoms with Crippen LogP contribution >= 0.6 is 0 Å². The summed E-state index contributed by atoms with van der Waals surface area (Å²) in [5.74, 6) is 4.17. The molecule has 1 N–H and O–H groups in total. The minimum Gasteiger partial charge on any atom is -0.493 e. The molecule has 0 atom stereocenters. The van der Waals surface area contributed by atoms with Crippen LogP contribution in [-0.2, 0) is 6.54 Å². The lowest BCUT2D eigenvalue weighted by Crippen LogP contribution is -2.30. The number of rotatable bonds is 5. The third-order valence-electron chi connectivity index (χ3n) is 5.65. The van der Waals surface area contributed by atoms with Crippen molar-refractivity contribution in [3.05, 3.63) is 18.0 Å². The molecule has 1 aliphatic heterocycles. The van der Waals surface area contributed by atoms with Gasteiger partial charge in [0.25, 0.3) is 0 Å². The van der Waals surface area contributed by atoms with E-state index in [1.807, 2.05) is 6.07 Å². The second-order valence-electron chi connectivity index (χ2n) is 7.10. The van der Waals surface area contributed by atoms with E-state index in [0.29, 0.717) is 5.92 Å². The van der Waals surface area contributed by atoms with Crippen molar-refractivity contribution in [3.63, 3.8) is 0 Å². The van der Waals surface area contributed by atoms with Crippen molar-refractivity contribution < 1.29 is 9.47 Å². The third-order valence-corrected chi connectivity index (χ3v) is 5.65.